The molecule has 114 valence electrons. The number of anilines is 1. The number of halogens is 1. The molecular weight excluding hydrogens is 255 g/mol. The molecule has 1 aromatic rings. The van der Waals surface area contributed by atoms with Crippen LogP contribution >= 0.6 is 0 Å². The third kappa shape index (κ3) is 6.30. The molecule has 0 aliphatic carbocycles. The third-order valence-electron chi connectivity index (χ3n) is 2.85. The van der Waals surface area contributed by atoms with Crippen LogP contribution < -0.4 is 10.6 Å². The highest BCUT2D eigenvalue weighted by molar-refractivity contribution is 5.39. The molecule has 1 rings (SSSR count). The zero-order chi connectivity index (χ0) is 15.2. The van der Waals surface area contributed by atoms with Gasteiger partial charge in [-0.15, -0.1) is 0 Å². The predicted molar refractivity (Wildman–Crippen MR) is 82.4 cm³/mol. The molecule has 0 aliphatic heterocycles. The zero-order valence-electron chi connectivity index (χ0n) is 13.3. The van der Waals surface area contributed by atoms with Crippen LogP contribution in [0.15, 0.2) is 12.3 Å². The fraction of sp³-hybridized carbons (Fsp3) is 0.667. The topological polar surface area (TPSA) is 40.2 Å². The zero-order valence-corrected chi connectivity index (χ0v) is 13.3. The van der Waals surface area contributed by atoms with E-state index in [0.717, 1.165) is 19.5 Å². The Balaban J connectivity index is 2.56. The van der Waals surface area contributed by atoms with Gasteiger partial charge >= 0.3 is 0 Å². The van der Waals surface area contributed by atoms with Crippen LogP contribution in [0, 0.1) is 5.82 Å². The third-order valence-corrected chi connectivity index (χ3v) is 2.85. The summed E-state index contributed by atoms with van der Waals surface area (Å²) in [5, 5.41) is 6.35. The van der Waals surface area contributed by atoms with Crippen LogP contribution in [-0.4, -0.2) is 42.6 Å². The van der Waals surface area contributed by atoms with Gasteiger partial charge in [0.15, 0.2) is 11.6 Å². The van der Waals surface area contributed by atoms with Crippen molar-refractivity contribution >= 4 is 5.82 Å². The van der Waals surface area contributed by atoms with Gasteiger partial charge in [0.1, 0.15) is 0 Å². The molecule has 5 heteroatoms. The Labute approximate surface area is 121 Å². The molecule has 20 heavy (non-hydrogen) atoms. The summed E-state index contributed by atoms with van der Waals surface area (Å²) in [5.41, 5.74) is 0.611. The van der Waals surface area contributed by atoms with E-state index in [2.05, 4.69) is 41.3 Å². The lowest BCUT2D eigenvalue weighted by atomic mass is 10.1. The number of aromatic nitrogens is 1. The summed E-state index contributed by atoms with van der Waals surface area (Å²) in [6.45, 7) is 8.38. The van der Waals surface area contributed by atoms with E-state index in [0.29, 0.717) is 17.9 Å². The normalized spacial score (nSPS) is 11.9. The van der Waals surface area contributed by atoms with E-state index in [1.54, 1.807) is 12.3 Å². The second-order valence-electron chi connectivity index (χ2n) is 6.32. The van der Waals surface area contributed by atoms with Gasteiger partial charge in [0.2, 0.25) is 0 Å². The Morgan fingerprint density at radius 2 is 2.00 bits per heavy atom. The molecule has 0 bridgehead atoms. The standard InChI is InChI=1S/C15H27FN4/c1-15(2,3)19-11-12-7-9-18-14(13(12)16)17-8-6-10-20(4)5/h7,9,19H,6,8,10-11H2,1-5H3,(H,17,18). The number of nitrogens with one attached hydrogen (secondary N) is 2. The molecule has 1 heterocycles. The second kappa shape index (κ2) is 7.55. The maximum Gasteiger partial charge on any atom is 0.169 e. The number of hydrogen-bond donors (Lipinski definition) is 2. The maximum atomic E-state index is 14.3. The van der Waals surface area contributed by atoms with Gasteiger partial charge in [0, 0.05) is 30.4 Å². The number of nitrogens with zero attached hydrogens (tertiary/aromatic N) is 2. The monoisotopic (exact) mass is 282 g/mol. The molecule has 0 atom stereocenters. The summed E-state index contributed by atoms with van der Waals surface area (Å²) < 4.78 is 14.3. The molecule has 0 fully saturated rings. The minimum atomic E-state index is -0.255. The summed E-state index contributed by atoms with van der Waals surface area (Å²) in [4.78, 5) is 6.18. The van der Waals surface area contributed by atoms with Gasteiger partial charge in [-0.05, 0) is 53.9 Å². The molecule has 1 aromatic heterocycles. The molecule has 0 aromatic carbocycles. The molecule has 4 nitrogen and oxygen atoms in total. The van der Waals surface area contributed by atoms with Crippen molar-refractivity contribution in [3.63, 3.8) is 0 Å². The molecule has 0 aliphatic rings. The van der Waals surface area contributed by atoms with Crippen molar-refractivity contribution in [2.75, 3.05) is 32.5 Å². The minimum absolute atomic E-state index is 0.0327. The second-order valence-corrected chi connectivity index (χ2v) is 6.32. The van der Waals surface area contributed by atoms with E-state index in [1.165, 1.54) is 0 Å². The first-order valence-corrected chi connectivity index (χ1v) is 7.06. The SMILES string of the molecule is CN(C)CCCNc1nccc(CNC(C)(C)C)c1F. The summed E-state index contributed by atoms with van der Waals surface area (Å²) in [6, 6.07) is 1.72. The van der Waals surface area contributed by atoms with Gasteiger partial charge in [-0.2, -0.15) is 0 Å². The van der Waals surface area contributed by atoms with Gasteiger partial charge in [-0.1, -0.05) is 0 Å². The van der Waals surface area contributed by atoms with Crippen molar-refractivity contribution in [3.8, 4) is 0 Å². The fourth-order valence-corrected chi connectivity index (χ4v) is 1.71. The highest BCUT2D eigenvalue weighted by Gasteiger charge is 2.13. The smallest absolute Gasteiger partial charge is 0.169 e. The molecule has 0 saturated heterocycles. The summed E-state index contributed by atoms with van der Waals surface area (Å²) in [5.74, 6) is 0.0890. The van der Waals surface area contributed by atoms with Crippen LogP contribution in [0.1, 0.15) is 32.8 Å². The number of pyridine rings is 1. The van der Waals surface area contributed by atoms with Crippen LogP contribution in [0.25, 0.3) is 0 Å². The minimum Gasteiger partial charge on any atom is -0.368 e. The lowest BCUT2D eigenvalue weighted by molar-refractivity contribution is 0.405. The van der Waals surface area contributed by atoms with Crippen molar-refractivity contribution in [1.29, 1.82) is 0 Å². The van der Waals surface area contributed by atoms with Crippen molar-refractivity contribution < 1.29 is 4.39 Å². The Morgan fingerprint density at radius 1 is 1.30 bits per heavy atom. The average Bonchev–Trinajstić information content (AvgIpc) is 2.33. The highest BCUT2D eigenvalue weighted by Crippen LogP contribution is 2.15. The Bertz CT molecular complexity index is 413. The molecule has 0 radical (unpaired) electrons. The van der Waals surface area contributed by atoms with Crippen molar-refractivity contribution in [2.45, 2.75) is 39.3 Å². The van der Waals surface area contributed by atoms with Crippen LogP contribution in [0.2, 0.25) is 0 Å². The summed E-state index contributed by atoms with van der Waals surface area (Å²) >= 11 is 0. The van der Waals surface area contributed by atoms with E-state index in [1.807, 2.05) is 14.1 Å². The Kier molecular flexibility index (Phi) is 6.36. The first-order chi connectivity index (χ1) is 9.29. The van der Waals surface area contributed by atoms with Gasteiger partial charge in [0.05, 0.1) is 0 Å². The van der Waals surface area contributed by atoms with Crippen LogP contribution in [0.4, 0.5) is 10.2 Å². The van der Waals surface area contributed by atoms with E-state index in [-0.39, 0.29) is 11.4 Å². The number of hydrogen-bond acceptors (Lipinski definition) is 4. The molecule has 0 spiro atoms. The van der Waals surface area contributed by atoms with E-state index in [4.69, 9.17) is 0 Å². The van der Waals surface area contributed by atoms with E-state index < -0.39 is 0 Å². The van der Waals surface area contributed by atoms with Gasteiger partial charge in [0.25, 0.3) is 0 Å². The van der Waals surface area contributed by atoms with Crippen molar-refractivity contribution in [1.82, 2.24) is 15.2 Å². The molecule has 2 N–H and O–H groups in total. The highest BCUT2D eigenvalue weighted by atomic mass is 19.1. The maximum absolute atomic E-state index is 14.3. The largest absolute Gasteiger partial charge is 0.368 e. The average molecular weight is 282 g/mol. The predicted octanol–water partition coefficient (Wildman–Crippen LogP) is 2.47. The Morgan fingerprint density at radius 3 is 2.60 bits per heavy atom. The quantitative estimate of drug-likeness (QED) is 0.754. The Hall–Kier alpha value is -1.20. The first kappa shape index (κ1) is 16.9. The van der Waals surface area contributed by atoms with E-state index in [9.17, 15) is 4.39 Å². The number of rotatable bonds is 7. The summed E-state index contributed by atoms with van der Waals surface area (Å²) in [7, 11) is 4.05. The van der Waals surface area contributed by atoms with Crippen LogP contribution in [-0.2, 0) is 6.54 Å². The van der Waals surface area contributed by atoms with Gasteiger partial charge in [-0.25, -0.2) is 9.37 Å². The van der Waals surface area contributed by atoms with Crippen molar-refractivity contribution in [3.05, 3.63) is 23.6 Å². The van der Waals surface area contributed by atoms with Crippen LogP contribution in [0.5, 0.6) is 0 Å². The summed E-state index contributed by atoms with van der Waals surface area (Å²) in [6.07, 6.45) is 2.61. The fourth-order valence-electron chi connectivity index (χ4n) is 1.71. The van der Waals surface area contributed by atoms with Crippen LogP contribution in [0.3, 0.4) is 0 Å². The molecule has 0 amide bonds. The van der Waals surface area contributed by atoms with E-state index >= 15 is 0 Å². The molecular formula is C15H27FN4. The molecule has 0 saturated carbocycles. The van der Waals surface area contributed by atoms with Gasteiger partial charge < -0.3 is 15.5 Å². The lowest BCUT2D eigenvalue weighted by Gasteiger charge is -2.21. The first-order valence-electron chi connectivity index (χ1n) is 7.06. The van der Waals surface area contributed by atoms with Crippen molar-refractivity contribution in [2.24, 2.45) is 0 Å². The van der Waals surface area contributed by atoms with Gasteiger partial charge in [-0.3, -0.25) is 0 Å². The molecule has 0 unspecified atom stereocenters. The lowest BCUT2D eigenvalue weighted by Crippen LogP contribution is -2.35.